The Morgan fingerprint density at radius 2 is 2.18 bits per heavy atom. The highest BCUT2D eigenvalue weighted by Crippen LogP contribution is 2.23. The lowest BCUT2D eigenvalue weighted by molar-refractivity contribution is 0.102. The van der Waals surface area contributed by atoms with E-state index in [0.29, 0.717) is 16.5 Å². The predicted octanol–water partition coefficient (Wildman–Crippen LogP) is 3.38. The molecule has 3 rings (SSSR count). The van der Waals surface area contributed by atoms with E-state index in [-0.39, 0.29) is 5.91 Å². The maximum Gasteiger partial charge on any atom is 0.276 e. The van der Waals surface area contributed by atoms with E-state index in [4.69, 9.17) is 0 Å². The lowest BCUT2D eigenvalue weighted by atomic mass is 10.3. The van der Waals surface area contributed by atoms with Crippen LogP contribution in [-0.2, 0) is 6.42 Å². The van der Waals surface area contributed by atoms with E-state index in [2.05, 4.69) is 36.4 Å². The number of hydrogen-bond donors (Lipinski definition) is 1. The van der Waals surface area contributed by atoms with E-state index >= 15 is 0 Å². The minimum atomic E-state index is -0.235. The summed E-state index contributed by atoms with van der Waals surface area (Å²) in [5.41, 5.74) is 2.94. The van der Waals surface area contributed by atoms with Crippen molar-refractivity contribution >= 4 is 44.0 Å². The van der Waals surface area contributed by atoms with Gasteiger partial charge in [-0.15, -0.1) is 10.2 Å². The Balaban J connectivity index is 2.01. The van der Waals surface area contributed by atoms with Crippen LogP contribution >= 0.6 is 27.3 Å². The summed E-state index contributed by atoms with van der Waals surface area (Å²) in [7, 11) is 0. The number of aryl methyl sites for hydroxylation is 3. The molecule has 3 heterocycles. The van der Waals surface area contributed by atoms with Gasteiger partial charge in [0.2, 0.25) is 5.13 Å². The zero-order chi connectivity index (χ0) is 15.9. The second kappa shape index (κ2) is 5.77. The van der Waals surface area contributed by atoms with Crippen molar-refractivity contribution in [3.8, 4) is 0 Å². The average molecular weight is 380 g/mol. The van der Waals surface area contributed by atoms with Gasteiger partial charge < -0.3 is 0 Å². The Hall–Kier alpha value is -1.80. The summed E-state index contributed by atoms with van der Waals surface area (Å²) in [6.07, 6.45) is 2.70. The number of carbonyl (C=O) groups is 1. The summed E-state index contributed by atoms with van der Waals surface area (Å²) in [5.74, 6) is -0.235. The summed E-state index contributed by atoms with van der Waals surface area (Å²) in [5, 5.41) is 12.2. The van der Waals surface area contributed by atoms with Gasteiger partial charge in [0.05, 0.1) is 10.2 Å². The summed E-state index contributed by atoms with van der Waals surface area (Å²) in [4.78, 5) is 17.0. The number of nitrogens with zero attached hydrogens (tertiary/aromatic N) is 4. The standard InChI is InChI=1S/C14H14BrN5OS/c1-4-10-18-19-14(22-10)17-13(21)11-8(3)16-12-9(15)5-7(2)6-20(11)12/h5-6H,4H2,1-3H3,(H,17,19,21). The number of imidazole rings is 1. The topological polar surface area (TPSA) is 72.2 Å². The number of hydrogen-bond acceptors (Lipinski definition) is 5. The summed E-state index contributed by atoms with van der Waals surface area (Å²) in [6.45, 7) is 5.79. The molecular formula is C14H14BrN5OS. The van der Waals surface area contributed by atoms with Crippen molar-refractivity contribution < 1.29 is 4.79 Å². The maximum absolute atomic E-state index is 12.6. The third-order valence-electron chi connectivity index (χ3n) is 3.19. The van der Waals surface area contributed by atoms with Crippen LogP contribution in [0.1, 0.15) is 33.7 Å². The van der Waals surface area contributed by atoms with E-state index < -0.39 is 0 Å². The van der Waals surface area contributed by atoms with Crippen molar-refractivity contribution in [1.29, 1.82) is 0 Å². The fourth-order valence-electron chi connectivity index (χ4n) is 2.22. The van der Waals surface area contributed by atoms with Crippen LogP contribution in [0.2, 0.25) is 0 Å². The second-order valence-electron chi connectivity index (χ2n) is 4.91. The van der Waals surface area contributed by atoms with Crippen LogP contribution in [0.15, 0.2) is 16.7 Å². The largest absolute Gasteiger partial charge is 0.295 e. The van der Waals surface area contributed by atoms with Crippen molar-refractivity contribution in [2.75, 3.05) is 5.32 Å². The molecule has 6 nitrogen and oxygen atoms in total. The minimum Gasteiger partial charge on any atom is -0.295 e. The van der Waals surface area contributed by atoms with Gasteiger partial charge in [0.15, 0.2) is 5.65 Å². The Morgan fingerprint density at radius 3 is 2.86 bits per heavy atom. The molecule has 3 aromatic rings. The van der Waals surface area contributed by atoms with E-state index in [1.807, 2.05) is 33.0 Å². The van der Waals surface area contributed by atoms with Gasteiger partial charge in [0, 0.05) is 6.20 Å². The van der Waals surface area contributed by atoms with Crippen LogP contribution in [-0.4, -0.2) is 25.5 Å². The molecule has 22 heavy (non-hydrogen) atoms. The summed E-state index contributed by atoms with van der Waals surface area (Å²) >= 11 is 4.87. The first-order valence-corrected chi connectivity index (χ1v) is 8.39. The van der Waals surface area contributed by atoms with Gasteiger partial charge in [0.25, 0.3) is 5.91 Å². The van der Waals surface area contributed by atoms with E-state index in [0.717, 1.165) is 27.1 Å². The number of rotatable bonds is 3. The Bertz CT molecular complexity index is 870. The smallest absolute Gasteiger partial charge is 0.276 e. The number of anilines is 1. The lowest BCUT2D eigenvalue weighted by Gasteiger charge is -2.04. The number of halogens is 1. The Labute approximate surface area is 139 Å². The highest BCUT2D eigenvalue weighted by atomic mass is 79.9. The molecule has 0 bridgehead atoms. The number of nitrogens with one attached hydrogen (secondary N) is 1. The number of fused-ring (bicyclic) bond motifs is 1. The first-order valence-electron chi connectivity index (χ1n) is 6.78. The van der Waals surface area contributed by atoms with Crippen LogP contribution in [0.3, 0.4) is 0 Å². The molecule has 0 spiro atoms. The molecule has 0 atom stereocenters. The van der Waals surface area contributed by atoms with E-state index in [1.54, 1.807) is 4.40 Å². The monoisotopic (exact) mass is 379 g/mol. The molecule has 0 radical (unpaired) electrons. The van der Waals surface area contributed by atoms with Gasteiger partial charge in [-0.2, -0.15) is 0 Å². The molecule has 0 saturated carbocycles. The first-order chi connectivity index (χ1) is 10.5. The average Bonchev–Trinajstić information content (AvgIpc) is 3.02. The molecule has 114 valence electrons. The van der Waals surface area contributed by atoms with Gasteiger partial charge in [-0.05, 0) is 47.8 Å². The van der Waals surface area contributed by atoms with Crippen LogP contribution in [0, 0.1) is 13.8 Å². The molecule has 8 heteroatoms. The molecule has 0 aliphatic heterocycles. The van der Waals surface area contributed by atoms with Crippen molar-refractivity contribution in [1.82, 2.24) is 19.6 Å². The highest BCUT2D eigenvalue weighted by Gasteiger charge is 2.19. The second-order valence-corrected chi connectivity index (χ2v) is 6.83. The fraction of sp³-hybridized carbons (Fsp3) is 0.286. The highest BCUT2D eigenvalue weighted by molar-refractivity contribution is 9.10. The molecule has 0 aliphatic carbocycles. The van der Waals surface area contributed by atoms with Gasteiger partial charge in [-0.1, -0.05) is 18.3 Å². The number of pyridine rings is 1. The molecule has 3 aromatic heterocycles. The summed E-state index contributed by atoms with van der Waals surface area (Å²) < 4.78 is 2.66. The van der Waals surface area contributed by atoms with Gasteiger partial charge >= 0.3 is 0 Å². The van der Waals surface area contributed by atoms with Gasteiger partial charge in [0.1, 0.15) is 10.7 Å². The van der Waals surface area contributed by atoms with Crippen LogP contribution < -0.4 is 5.32 Å². The molecule has 0 aromatic carbocycles. The van der Waals surface area contributed by atoms with E-state index in [9.17, 15) is 4.79 Å². The zero-order valence-electron chi connectivity index (χ0n) is 12.3. The molecule has 0 saturated heterocycles. The van der Waals surface area contributed by atoms with E-state index in [1.165, 1.54) is 11.3 Å². The normalized spacial score (nSPS) is 11.1. The number of aromatic nitrogens is 4. The van der Waals surface area contributed by atoms with Crippen molar-refractivity contribution in [2.24, 2.45) is 0 Å². The maximum atomic E-state index is 12.6. The molecule has 1 N–H and O–H groups in total. The lowest BCUT2D eigenvalue weighted by Crippen LogP contribution is -2.15. The summed E-state index contributed by atoms with van der Waals surface area (Å²) in [6, 6.07) is 1.97. The van der Waals surface area contributed by atoms with Crippen LogP contribution in [0.25, 0.3) is 5.65 Å². The SMILES string of the molecule is CCc1nnc(NC(=O)c2c(C)nc3c(Br)cc(C)cn23)s1. The third kappa shape index (κ3) is 2.64. The van der Waals surface area contributed by atoms with Crippen molar-refractivity contribution in [3.63, 3.8) is 0 Å². The predicted molar refractivity (Wildman–Crippen MR) is 89.6 cm³/mol. The first kappa shape index (κ1) is 15.1. The molecule has 0 fully saturated rings. The molecular weight excluding hydrogens is 366 g/mol. The van der Waals surface area contributed by atoms with Gasteiger partial charge in [-0.25, -0.2) is 4.98 Å². The molecule has 0 unspecified atom stereocenters. The van der Waals surface area contributed by atoms with Crippen LogP contribution in [0.4, 0.5) is 5.13 Å². The Morgan fingerprint density at radius 1 is 1.41 bits per heavy atom. The quantitative estimate of drug-likeness (QED) is 0.756. The number of carbonyl (C=O) groups excluding carboxylic acids is 1. The Kier molecular flexibility index (Phi) is 3.96. The number of amides is 1. The van der Waals surface area contributed by atoms with Crippen molar-refractivity contribution in [3.05, 3.63) is 38.7 Å². The van der Waals surface area contributed by atoms with Crippen LogP contribution in [0.5, 0.6) is 0 Å². The molecule has 1 amide bonds. The van der Waals surface area contributed by atoms with Crippen molar-refractivity contribution in [2.45, 2.75) is 27.2 Å². The van der Waals surface area contributed by atoms with Gasteiger partial charge in [-0.3, -0.25) is 14.5 Å². The fourth-order valence-corrected chi connectivity index (χ4v) is 3.54. The third-order valence-corrected chi connectivity index (χ3v) is 4.76. The molecule has 0 aliphatic rings. The zero-order valence-corrected chi connectivity index (χ0v) is 14.7. The minimum absolute atomic E-state index is 0.235.